The number of quaternary nitrogens is 1. The van der Waals surface area contributed by atoms with E-state index in [1.54, 1.807) is 0 Å². The minimum absolute atomic E-state index is 0.0393. The van der Waals surface area contributed by atoms with Crippen molar-refractivity contribution in [2.75, 3.05) is 44.2 Å². The second kappa shape index (κ2) is 11.0. The second-order valence-electron chi connectivity index (χ2n) is 8.03. The van der Waals surface area contributed by atoms with Gasteiger partial charge in [0, 0.05) is 12.5 Å². The Balaban J connectivity index is 1.51. The lowest BCUT2D eigenvalue weighted by molar-refractivity contribution is -0.914. The van der Waals surface area contributed by atoms with Gasteiger partial charge in [0.25, 0.3) is 5.91 Å². The van der Waals surface area contributed by atoms with Gasteiger partial charge in [-0.25, -0.2) is 0 Å². The highest BCUT2D eigenvalue weighted by Gasteiger charge is 2.30. The number of nitrogens with zero attached hydrogens (tertiary/aromatic N) is 1. The SMILES string of the molecule is CCOc1ccccc1N1CC[NH+]([C@H](C)C(=O)NC[C@H](CC)c2ccccc2)CC1. The summed E-state index contributed by atoms with van der Waals surface area (Å²) in [6, 6.07) is 18.7. The summed E-state index contributed by atoms with van der Waals surface area (Å²) in [6.07, 6.45) is 1.02. The summed E-state index contributed by atoms with van der Waals surface area (Å²) in [5.41, 5.74) is 2.45. The fraction of sp³-hybridized carbons (Fsp3) is 0.480. The summed E-state index contributed by atoms with van der Waals surface area (Å²) in [4.78, 5) is 16.5. The summed E-state index contributed by atoms with van der Waals surface area (Å²) in [5, 5.41) is 3.20. The van der Waals surface area contributed by atoms with Gasteiger partial charge in [0.2, 0.25) is 0 Å². The second-order valence-corrected chi connectivity index (χ2v) is 8.03. The van der Waals surface area contributed by atoms with Crippen LogP contribution in [0.25, 0.3) is 0 Å². The lowest BCUT2D eigenvalue weighted by Gasteiger charge is -2.36. The minimum atomic E-state index is -0.0393. The maximum Gasteiger partial charge on any atom is 0.278 e. The predicted octanol–water partition coefficient (Wildman–Crippen LogP) is 2.49. The summed E-state index contributed by atoms with van der Waals surface area (Å²) in [6.45, 7) is 11.4. The summed E-state index contributed by atoms with van der Waals surface area (Å²) in [7, 11) is 0. The molecule has 0 aliphatic carbocycles. The third-order valence-electron chi connectivity index (χ3n) is 6.20. The van der Waals surface area contributed by atoms with Gasteiger partial charge in [0.15, 0.2) is 6.04 Å². The van der Waals surface area contributed by atoms with E-state index in [1.165, 1.54) is 10.5 Å². The van der Waals surface area contributed by atoms with Crippen LogP contribution in [-0.2, 0) is 4.79 Å². The summed E-state index contributed by atoms with van der Waals surface area (Å²) >= 11 is 0. The van der Waals surface area contributed by atoms with E-state index in [9.17, 15) is 4.79 Å². The van der Waals surface area contributed by atoms with Crippen molar-refractivity contribution in [2.24, 2.45) is 0 Å². The number of ether oxygens (including phenoxy) is 1. The highest BCUT2D eigenvalue weighted by atomic mass is 16.5. The van der Waals surface area contributed by atoms with Gasteiger partial charge in [-0.2, -0.15) is 0 Å². The van der Waals surface area contributed by atoms with Crippen LogP contribution in [0.1, 0.15) is 38.7 Å². The molecule has 0 bridgehead atoms. The van der Waals surface area contributed by atoms with Crippen LogP contribution < -0.4 is 19.9 Å². The average molecular weight is 411 g/mol. The first-order valence-electron chi connectivity index (χ1n) is 11.3. The number of anilines is 1. The van der Waals surface area contributed by atoms with Crippen LogP contribution in [0.4, 0.5) is 5.69 Å². The number of carbonyl (C=O) groups is 1. The summed E-state index contributed by atoms with van der Waals surface area (Å²) in [5.74, 6) is 1.47. The maximum atomic E-state index is 12.8. The number of hydrogen-bond donors (Lipinski definition) is 2. The molecule has 1 amide bonds. The molecule has 2 aromatic rings. The fourth-order valence-electron chi connectivity index (χ4n) is 4.25. The molecule has 0 aromatic heterocycles. The first kappa shape index (κ1) is 22.2. The molecule has 1 fully saturated rings. The van der Waals surface area contributed by atoms with E-state index in [0.29, 0.717) is 19.1 Å². The molecule has 1 aliphatic heterocycles. The molecule has 5 nitrogen and oxygen atoms in total. The van der Waals surface area contributed by atoms with Crippen molar-refractivity contribution in [3.63, 3.8) is 0 Å². The van der Waals surface area contributed by atoms with E-state index in [0.717, 1.165) is 44.0 Å². The molecule has 0 unspecified atom stereocenters. The Bertz CT molecular complexity index is 788. The van der Waals surface area contributed by atoms with Crippen molar-refractivity contribution < 1.29 is 14.4 Å². The summed E-state index contributed by atoms with van der Waals surface area (Å²) < 4.78 is 5.79. The largest absolute Gasteiger partial charge is 0.492 e. The van der Waals surface area contributed by atoms with Gasteiger partial charge < -0.3 is 19.9 Å². The lowest BCUT2D eigenvalue weighted by atomic mass is 9.96. The predicted molar refractivity (Wildman–Crippen MR) is 122 cm³/mol. The Kier molecular flexibility index (Phi) is 8.14. The fourth-order valence-corrected chi connectivity index (χ4v) is 4.25. The molecular formula is C25H36N3O2+. The van der Waals surface area contributed by atoms with Crippen molar-refractivity contribution in [3.8, 4) is 5.75 Å². The molecule has 1 saturated heterocycles. The molecular weight excluding hydrogens is 374 g/mol. The third kappa shape index (κ3) is 5.54. The van der Waals surface area contributed by atoms with Crippen LogP contribution in [0.5, 0.6) is 5.75 Å². The number of amides is 1. The molecule has 2 N–H and O–H groups in total. The minimum Gasteiger partial charge on any atom is -0.492 e. The Morgan fingerprint density at radius 3 is 2.40 bits per heavy atom. The van der Waals surface area contributed by atoms with Crippen LogP contribution in [0.3, 0.4) is 0 Å². The molecule has 0 saturated carbocycles. The van der Waals surface area contributed by atoms with Crippen molar-refractivity contribution in [2.45, 2.75) is 39.2 Å². The van der Waals surface area contributed by atoms with E-state index in [2.05, 4.69) is 60.5 Å². The van der Waals surface area contributed by atoms with Crippen molar-refractivity contribution in [1.29, 1.82) is 0 Å². The molecule has 5 heteroatoms. The van der Waals surface area contributed by atoms with Gasteiger partial charge in [-0.15, -0.1) is 0 Å². The molecule has 1 heterocycles. The zero-order chi connectivity index (χ0) is 21.3. The van der Waals surface area contributed by atoms with Gasteiger partial charge in [0.1, 0.15) is 5.75 Å². The first-order valence-corrected chi connectivity index (χ1v) is 11.3. The van der Waals surface area contributed by atoms with E-state index in [-0.39, 0.29) is 11.9 Å². The third-order valence-corrected chi connectivity index (χ3v) is 6.20. The van der Waals surface area contributed by atoms with Crippen LogP contribution in [0.15, 0.2) is 54.6 Å². The monoisotopic (exact) mass is 410 g/mol. The number of carbonyl (C=O) groups excluding carboxylic acids is 1. The zero-order valence-electron chi connectivity index (χ0n) is 18.6. The molecule has 1 aliphatic rings. The molecule has 2 atom stereocenters. The first-order chi connectivity index (χ1) is 14.6. The van der Waals surface area contributed by atoms with Crippen LogP contribution in [-0.4, -0.2) is 51.3 Å². The van der Waals surface area contributed by atoms with Gasteiger partial charge in [-0.1, -0.05) is 49.4 Å². The quantitative estimate of drug-likeness (QED) is 0.668. The van der Waals surface area contributed by atoms with Gasteiger partial charge >= 0.3 is 0 Å². The average Bonchev–Trinajstić information content (AvgIpc) is 2.80. The number of para-hydroxylation sites is 2. The van der Waals surface area contributed by atoms with Crippen molar-refractivity contribution in [3.05, 3.63) is 60.2 Å². The van der Waals surface area contributed by atoms with E-state index >= 15 is 0 Å². The molecule has 2 aromatic carbocycles. The van der Waals surface area contributed by atoms with Crippen molar-refractivity contribution >= 4 is 11.6 Å². The molecule has 162 valence electrons. The smallest absolute Gasteiger partial charge is 0.278 e. The Morgan fingerprint density at radius 1 is 1.07 bits per heavy atom. The standard InChI is InChI=1S/C25H35N3O2/c1-4-21(22-11-7-6-8-12-22)19-26-25(29)20(3)27-15-17-28(18-16-27)23-13-9-10-14-24(23)30-5-2/h6-14,20-21H,4-5,15-19H2,1-3H3,(H,26,29)/p+1/t20-,21+/m1/s1. The number of nitrogens with one attached hydrogen (secondary N) is 2. The van der Waals surface area contributed by atoms with E-state index in [4.69, 9.17) is 4.74 Å². The molecule has 3 rings (SSSR count). The topological polar surface area (TPSA) is 46.0 Å². The highest BCUT2D eigenvalue weighted by Crippen LogP contribution is 2.27. The van der Waals surface area contributed by atoms with Gasteiger partial charge in [-0.05, 0) is 38.0 Å². The molecule has 0 radical (unpaired) electrons. The lowest BCUT2D eigenvalue weighted by Crippen LogP contribution is -3.19. The molecule has 30 heavy (non-hydrogen) atoms. The number of piperazine rings is 1. The van der Waals surface area contributed by atoms with Gasteiger partial charge in [-0.3, -0.25) is 4.79 Å². The van der Waals surface area contributed by atoms with Gasteiger partial charge in [0.05, 0.1) is 38.5 Å². The van der Waals surface area contributed by atoms with Crippen LogP contribution in [0.2, 0.25) is 0 Å². The Morgan fingerprint density at radius 2 is 1.73 bits per heavy atom. The zero-order valence-corrected chi connectivity index (χ0v) is 18.6. The Labute approximate surface area is 181 Å². The number of benzene rings is 2. The van der Waals surface area contributed by atoms with Crippen LogP contribution in [0, 0.1) is 0 Å². The highest BCUT2D eigenvalue weighted by molar-refractivity contribution is 5.80. The van der Waals surface area contributed by atoms with E-state index in [1.807, 2.05) is 25.1 Å². The number of hydrogen-bond acceptors (Lipinski definition) is 3. The maximum absolute atomic E-state index is 12.8. The van der Waals surface area contributed by atoms with E-state index < -0.39 is 0 Å². The number of rotatable bonds is 9. The Hall–Kier alpha value is -2.53. The van der Waals surface area contributed by atoms with Crippen molar-refractivity contribution in [1.82, 2.24) is 5.32 Å². The molecule has 0 spiro atoms. The van der Waals surface area contributed by atoms with Crippen LogP contribution >= 0.6 is 0 Å². The normalized spacial score (nSPS) is 16.7.